The van der Waals surface area contributed by atoms with Crippen molar-refractivity contribution in [3.05, 3.63) is 0 Å². The maximum Gasteiger partial charge on any atom is 0.283 e. The van der Waals surface area contributed by atoms with Crippen molar-refractivity contribution in [3.8, 4) is 0 Å². The van der Waals surface area contributed by atoms with E-state index in [0.29, 0.717) is 0 Å². The molecule has 0 bridgehead atoms. The van der Waals surface area contributed by atoms with Crippen molar-refractivity contribution in [1.29, 1.82) is 0 Å². The van der Waals surface area contributed by atoms with E-state index in [1.54, 1.807) is 0 Å². The fourth-order valence-corrected chi connectivity index (χ4v) is 3.94. The molecule has 2 nitrogen and oxygen atoms in total. The number of hydrogen-bond acceptors (Lipinski definition) is 2. The molecule has 0 amide bonds. The van der Waals surface area contributed by atoms with Gasteiger partial charge in [0.25, 0.3) is 10.0 Å². The summed E-state index contributed by atoms with van der Waals surface area (Å²) in [7, 11) is -0.397. The van der Waals surface area contributed by atoms with E-state index in [4.69, 9.17) is 8.23 Å². The van der Waals surface area contributed by atoms with Crippen LogP contribution in [-0.2, 0) is 8.23 Å². The first kappa shape index (κ1) is 8.57. The molecule has 8 heavy (non-hydrogen) atoms. The van der Waals surface area contributed by atoms with Crippen molar-refractivity contribution < 1.29 is 8.23 Å². The zero-order valence-electron chi connectivity index (χ0n) is 5.81. The van der Waals surface area contributed by atoms with Gasteiger partial charge in [0.15, 0.2) is 9.04 Å². The molecule has 0 saturated carbocycles. The van der Waals surface area contributed by atoms with Gasteiger partial charge in [0.1, 0.15) is 10.5 Å². The van der Waals surface area contributed by atoms with Crippen LogP contribution in [0.1, 0.15) is 6.92 Å². The highest BCUT2D eigenvalue weighted by Gasteiger charge is 1.97. The molecular weight excluding hydrogens is 152 g/mol. The molecule has 0 saturated heterocycles. The largest absolute Gasteiger partial charge is 0.449 e. The lowest BCUT2D eigenvalue weighted by Gasteiger charge is -2.06. The predicted molar refractivity (Wildman–Crippen MR) is 44.1 cm³/mol. The van der Waals surface area contributed by atoms with Crippen molar-refractivity contribution in [2.24, 2.45) is 0 Å². The first-order valence-electron chi connectivity index (χ1n) is 2.91. The van der Waals surface area contributed by atoms with Crippen LogP contribution in [-0.4, -0.2) is 29.5 Å². The van der Waals surface area contributed by atoms with Gasteiger partial charge < -0.3 is 8.23 Å². The van der Waals surface area contributed by atoms with Gasteiger partial charge in [-0.2, -0.15) is 0 Å². The lowest BCUT2D eigenvalue weighted by Crippen LogP contribution is -2.16. The molecule has 0 aromatic heterocycles. The summed E-state index contributed by atoms with van der Waals surface area (Å²) in [5, 5.41) is 0. The van der Waals surface area contributed by atoms with Gasteiger partial charge in [0.05, 0.1) is 0 Å². The third kappa shape index (κ3) is 4.72. The Balaban J connectivity index is 2.86. The molecule has 5 heteroatoms. The normalized spacial score (nSPS) is 15.8. The van der Waals surface area contributed by atoms with Crippen molar-refractivity contribution >= 4 is 29.5 Å². The molecular formula is C3H14O2Si3. The first-order valence-corrected chi connectivity index (χ1v) is 7.33. The summed E-state index contributed by atoms with van der Waals surface area (Å²) in [4.78, 5) is 0. The molecule has 0 N–H and O–H groups in total. The Labute approximate surface area is 57.9 Å². The Morgan fingerprint density at radius 2 is 2.38 bits per heavy atom. The molecule has 0 aliphatic rings. The minimum absolute atomic E-state index is 0.513. The summed E-state index contributed by atoms with van der Waals surface area (Å²) in [6.07, 6.45) is 0. The van der Waals surface area contributed by atoms with Crippen LogP contribution in [0.5, 0.6) is 0 Å². The van der Waals surface area contributed by atoms with Crippen LogP contribution in [0.15, 0.2) is 0 Å². The van der Waals surface area contributed by atoms with Gasteiger partial charge in [-0.25, -0.2) is 0 Å². The summed E-state index contributed by atoms with van der Waals surface area (Å²) in [6.45, 7) is 4.39. The van der Waals surface area contributed by atoms with Gasteiger partial charge >= 0.3 is 0 Å². The molecule has 1 atom stereocenters. The van der Waals surface area contributed by atoms with Crippen LogP contribution in [0.2, 0.25) is 12.6 Å². The quantitative estimate of drug-likeness (QED) is 0.482. The Bertz CT molecular complexity index is 51.8. The summed E-state index contributed by atoms with van der Waals surface area (Å²) in [6, 6.07) is 1.23. The monoisotopic (exact) mass is 166 g/mol. The van der Waals surface area contributed by atoms with E-state index in [1.807, 2.05) is 0 Å². The van der Waals surface area contributed by atoms with Crippen molar-refractivity contribution in [1.82, 2.24) is 0 Å². The average molecular weight is 166 g/mol. The van der Waals surface area contributed by atoms with Gasteiger partial charge in [-0.3, -0.25) is 0 Å². The molecule has 0 aromatic carbocycles. The second kappa shape index (κ2) is 5.70. The first-order chi connectivity index (χ1) is 3.81. The SMILES string of the molecule is CC[SiH](C)O[SiH2]O[SiH3]. The van der Waals surface area contributed by atoms with Crippen LogP contribution < -0.4 is 0 Å². The van der Waals surface area contributed by atoms with Gasteiger partial charge in [0.2, 0.25) is 0 Å². The molecule has 0 fully saturated rings. The van der Waals surface area contributed by atoms with E-state index < -0.39 is 19.0 Å². The molecule has 0 aromatic rings. The zero-order valence-corrected chi connectivity index (χ0v) is 10.4. The van der Waals surface area contributed by atoms with Gasteiger partial charge in [-0.1, -0.05) is 6.92 Å². The van der Waals surface area contributed by atoms with Crippen LogP contribution in [0.25, 0.3) is 0 Å². The van der Waals surface area contributed by atoms with Gasteiger partial charge in [0, 0.05) is 0 Å². The highest BCUT2D eigenvalue weighted by molar-refractivity contribution is 6.56. The Kier molecular flexibility index (Phi) is 6.11. The highest BCUT2D eigenvalue weighted by Crippen LogP contribution is 1.89. The molecule has 50 valence electrons. The van der Waals surface area contributed by atoms with E-state index in [0.717, 1.165) is 10.5 Å². The maximum atomic E-state index is 5.43. The van der Waals surface area contributed by atoms with Crippen molar-refractivity contribution in [2.75, 3.05) is 0 Å². The minimum atomic E-state index is -0.740. The van der Waals surface area contributed by atoms with E-state index >= 15 is 0 Å². The summed E-state index contributed by atoms with van der Waals surface area (Å²) in [5.74, 6) is 0. The Hall–Kier alpha value is 0.571. The fraction of sp³-hybridized carbons (Fsp3) is 1.00. The van der Waals surface area contributed by atoms with Crippen LogP contribution >= 0.6 is 0 Å². The second-order valence-corrected chi connectivity index (χ2v) is 8.11. The second-order valence-electron chi connectivity index (χ2n) is 1.79. The van der Waals surface area contributed by atoms with Gasteiger partial charge in [-0.05, 0) is 12.6 Å². The predicted octanol–water partition coefficient (Wildman–Crippen LogP) is -1.33. The van der Waals surface area contributed by atoms with Crippen molar-refractivity contribution in [3.63, 3.8) is 0 Å². The van der Waals surface area contributed by atoms with E-state index in [9.17, 15) is 0 Å². The summed E-state index contributed by atoms with van der Waals surface area (Å²) < 4.78 is 10.4. The van der Waals surface area contributed by atoms with Crippen LogP contribution in [0.3, 0.4) is 0 Å². The lowest BCUT2D eigenvalue weighted by molar-refractivity contribution is 0.491. The van der Waals surface area contributed by atoms with E-state index in [2.05, 4.69) is 13.5 Å². The van der Waals surface area contributed by atoms with Crippen LogP contribution in [0, 0.1) is 0 Å². The standard InChI is InChI=1S/C3H14O2Si3/c1-3-8(2)5-7-4-6/h8H,3,7H2,1-2,6H3. The minimum Gasteiger partial charge on any atom is -0.449 e. The Morgan fingerprint density at radius 1 is 1.75 bits per heavy atom. The summed E-state index contributed by atoms with van der Waals surface area (Å²) in [5.41, 5.74) is 0. The Morgan fingerprint density at radius 3 is 2.75 bits per heavy atom. The molecule has 0 spiro atoms. The molecule has 0 aliphatic carbocycles. The van der Waals surface area contributed by atoms with E-state index in [-0.39, 0.29) is 0 Å². The van der Waals surface area contributed by atoms with E-state index in [1.165, 1.54) is 6.04 Å². The van der Waals surface area contributed by atoms with Crippen LogP contribution in [0.4, 0.5) is 0 Å². The third-order valence-corrected chi connectivity index (χ3v) is 5.96. The molecule has 0 rings (SSSR count). The average Bonchev–Trinajstić information content (AvgIpc) is 1.83. The molecule has 0 heterocycles. The number of rotatable bonds is 4. The lowest BCUT2D eigenvalue weighted by atomic mass is 11.0. The third-order valence-electron chi connectivity index (χ3n) is 1.05. The molecule has 1 unspecified atom stereocenters. The van der Waals surface area contributed by atoms with Gasteiger partial charge in [-0.15, -0.1) is 0 Å². The zero-order chi connectivity index (χ0) is 6.41. The topological polar surface area (TPSA) is 18.5 Å². The highest BCUT2D eigenvalue weighted by atomic mass is 28.4. The fourth-order valence-electron chi connectivity index (χ4n) is 0.302. The number of hydrogen-bond donors (Lipinski definition) is 0. The maximum absolute atomic E-state index is 5.43. The smallest absolute Gasteiger partial charge is 0.283 e. The summed E-state index contributed by atoms with van der Waals surface area (Å²) >= 11 is 0. The molecule has 0 aliphatic heterocycles. The van der Waals surface area contributed by atoms with Crippen molar-refractivity contribution in [2.45, 2.75) is 19.5 Å². The molecule has 0 radical (unpaired) electrons.